The summed E-state index contributed by atoms with van der Waals surface area (Å²) in [4.78, 5) is 9.17. The van der Waals surface area contributed by atoms with Gasteiger partial charge in [-0.25, -0.2) is 0 Å². The number of aryl methyl sites for hydroxylation is 2. The molecule has 0 saturated carbocycles. The molecule has 1 aliphatic heterocycles. The van der Waals surface area contributed by atoms with Crippen molar-refractivity contribution >= 4 is 11.4 Å². The van der Waals surface area contributed by atoms with Crippen LogP contribution in [0.4, 0.5) is 11.4 Å². The molecular weight excluding hydrogens is 246 g/mol. The molecule has 0 atom stereocenters. The van der Waals surface area contributed by atoms with Crippen molar-refractivity contribution in [2.24, 2.45) is 0 Å². The molecule has 1 aromatic carbocycles. The van der Waals surface area contributed by atoms with Crippen LogP contribution in [0.1, 0.15) is 11.3 Å². The topological polar surface area (TPSA) is 19.4 Å². The smallest absolute Gasteiger partial charge is 0.0401 e. The lowest BCUT2D eigenvalue weighted by molar-refractivity contribution is 0.653. The summed E-state index contributed by atoms with van der Waals surface area (Å²) in [5.74, 6) is 0. The first-order valence-electron chi connectivity index (χ1n) is 7.21. The van der Waals surface area contributed by atoms with E-state index in [4.69, 9.17) is 0 Å². The van der Waals surface area contributed by atoms with Crippen LogP contribution < -0.4 is 9.80 Å². The minimum absolute atomic E-state index is 1.07. The number of anilines is 2. The predicted molar refractivity (Wildman–Crippen MR) is 84.6 cm³/mol. The Bertz CT molecular complexity index is 569. The van der Waals surface area contributed by atoms with Gasteiger partial charge in [0, 0.05) is 49.4 Å². The second kappa shape index (κ2) is 5.53. The molecule has 2 aromatic rings. The molecule has 0 unspecified atom stereocenters. The molecule has 104 valence electrons. The molecule has 0 spiro atoms. The maximum absolute atomic E-state index is 4.27. The Morgan fingerprint density at radius 2 is 1.40 bits per heavy atom. The first-order valence-corrected chi connectivity index (χ1v) is 7.21. The van der Waals surface area contributed by atoms with Crippen molar-refractivity contribution in [2.45, 2.75) is 13.8 Å². The predicted octanol–water partition coefficient (Wildman–Crippen LogP) is 3.03. The fourth-order valence-corrected chi connectivity index (χ4v) is 2.71. The Morgan fingerprint density at radius 1 is 0.800 bits per heavy atom. The standard InChI is InChI=1S/C17H21N3/c1-14-3-5-16(6-4-14)19-9-11-20(12-10-19)17-7-8-18-15(2)13-17/h3-8,13H,9-12H2,1-2H3. The van der Waals surface area contributed by atoms with Crippen LogP contribution in [0.25, 0.3) is 0 Å². The summed E-state index contributed by atoms with van der Waals surface area (Å²) in [5.41, 5.74) is 5.03. The van der Waals surface area contributed by atoms with Crippen LogP contribution in [0.2, 0.25) is 0 Å². The van der Waals surface area contributed by atoms with Crippen LogP contribution in [0, 0.1) is 13.8 Å². The molecule has 0 bridgehead atoms. The van der Waals surface area contributed by atoms with Gasteiger partial charge in [-0.15, -0.1) is 0 Å². The summed E-state index contributed by atoms with van der Waals surface area (Å²) in [6.07, 6.45) is 1.90. The van der Waals surface area contributed by atoms with E-state index in [0.717, 1.165) is 31.9 Å². The van der Waals surface area contributed by atoms with E-state index >= 15 is 0 Å². The third-order valence-electron chi connectivity index (χ3n) is 3.92. The van der Waals surface area contributed by atoms with E-state index in [2.05, 4.69) is 58.1 Å². The van der Waals surface area contributed by atoms with E-state index in [9.17, 15) is 0 Å². The monoisotopic (exact) mass is 267 g/mol. The first-order chi connectivity index (χ1) is 9.72. The van der Waals surface area contributed by atoms with Crippen molar-refractivity contribution in [2.75, 3.05) is 36.0 Å². The van der Waals surface area contributed by atoms with Gasteiger partial charge in [-0.1, -0.05) is 17.7 Å². The summed E-state index contributed by atoms with van der Waals surface area (Å²) < 4.78 is 0. The van der Waals surface area contributed by atoms with Gasteiger partial charge < -0.3 is 9.80 Å². The van der Waals surface area contributed by atoms with E-state index in [1.54, 1.807) is 0 Å². The lowest BCUT2D eigenvalue weighted by atomic mass is 10.2. The lowest BCUT2D eigenvalue weighted by Crippen LogP contribution is -2.46. The Kier molecular flexibility index (Phi) is 3.59. The lowest BCUT2D eigenvalue weighted by Gasteiger charge is -2.37. The van der Waals surface area contributed by atoms with E-state index in [1.807, 2.05) is 13.1 Å². The van der Waals surface area contributed by atoms with Crippen molar-refractivity contribution < 1.29 is 0 Å². The van der Waals surface area contributed by atoms with Crippen LogP contribution in [-0.2, 0) is 0 Å². The molecular formula is C17H21N3. The Hall–Kier alpha value is -2.03. The summed E-state index contributed by atoms with van der Waals surface area (Å²) in [5, 5.41) is 0. The summed E-state index contributed by atoms with van der Waals surface area (Å²) in [7, 11) is 0. The molecule has 1 fully saturated rings. The molecule has 0 aliphatic carbocycles. The quantitative estimate of drug-likeness (QED) is 0.834. The van der Waals surface area contributed by atoms with Crippen LogP contribution in [0.15, 0.2) is 42.6 Å². The fraction of sp³-hybridized carbons (Fsp3) is 0.353. The van der Waals surface area contributed by atoms with Gasteiger partial charge in [0.25, 0.3) is 0 Å². The molecule has 20 heavy (non-hydrogen) atoms. The zero-order valence-corrected chi connectivity index (χ0v) is 12.2. The van der Waals surface area contributed by atoms with Crippen molar-refractivity contribution in [1.82, 2.24) is 4.98 Å². The number of hydrogen-bond acceptors (Lipinski definition) is 3. The average Bonchev–Trinajstić information content (AvgIpc) is 2.48. The molecule has 0 amide bonds. The van der Waals surface area contributed by atoms with Gasteiger partial charge in [0.2, 0.25) is 0 Å². The second-order valence-corrected chi connectivity index (χ2v) is 5.47. The maximum atomic E-state index is 4.27. The number of nitrogens with zero attached hydrogens (tertiary/aromatic N) is 3. The highest BCUT2D eigenvalue weighted by atomic mass is 15.3. The molecule has 3 nitrogen and oxygen atoms in total. The van der Waals surface area contributed by atoms with Crippen molar-refractivity contribution in [3.05, 3.63) is 53.9 Å². The molecule has 1 aliphatic rings. The molecule has 3 heteroatoms. The fourth-order valence-electron chi connectivity index (χ4n) is 2.71. The van der Waals surface area contributed by atoms with Gasteiger partial charge in [0.1, 0.15) is 0 Å². The Balaban J connectivity index is 1.66. The highest BCUT2D eigenvalue weighted by molar-refractivity contribution is 5.52. The van der Waals surface area contributed by atoms with Crippen LogP contribution >= 0.6 is 0 Å². The zero-order chi connectivity index (χ0) is 13.9. The third-order valence-corrected chi connectivity index (χ3v) is 3.92. The van der Waals surface area contributed by atoms with Crippen LogP contribution in [-0.4, -0.2) is 31.2 Å². The summed E-state index contributed by atoms with van der Waals surface area (Å²) >= 11 is 0. The Morgan fingerprint density at radius 3 is 2.00 bits per heavy atom. The number of rotatable bonds is 2. The van der Waals surface area contributed by atoms with Crippen molar-refractivity contribution in [3.8, 4) is 0 Å². The number of aromatic nitrogens is 1. The van der Waals surface area contributed by atoms with Gasteiger partial charge in [-0.3, -0.25) is 4.98 Å². The Labute approximate surface area is 120 Å². The zero-order valence-electron chi connectivity index (χ0n) is 12.2. The largest absolute Gasteiger partial charge is 0.368 e. The van der Waals surface area contributed by atoms with E-state index < -0.39 is 0 Å². The molecule has 2 heterocycles. The minimum atomic E-state index is 1.07. The second-order valence-electron chi connectivity index (χ2n) is 5.47. The summed E-state index contributed by atoms with van der Waals surface area (Å²) in [6.45, 7) is 8.46. The SMILES string of the molecule is Cc1ccc(N2CCN(c3ccnc(C)c3)CC2)cc1. The maximum Gasteiger partial charge on any atom is 0.0401 e. The first kappa shape index (κ1) is 13.0. The van der Waals surface area contributed by atoms with E-state index in [0.29, 0.717) is 0 Å². The molecule has 0 N–H and O–H groups in total. The number of piperazine rings is 1. The third kappa shape index (κ3) is 2.77. The van der Waals surface area contributed by atoms with Crippen LogP contribution in [0.3, 0.4) is 0 Å². The van der Waals surface area contributed by atoms with Gasteiger partial charge in [-0.2, -0.15) is 0 Å². The van der Waals surface area contributed by atoms with Crippen LogP contribution in [0.5, 0.6) is 0 Å². The van der Waals surface area contributed by atoms with Crippen molar-refractivity contribution in [3.63, 3.8) is 0 Å². The van der Waals surface area contributed by atoms with Gasteiger partial charge in [0.15, 0.2) is 0 Å². The molecule has 3 rings (SSSR count). The van der Waals surface area contributed by atoms with Gasteiger partial charge in [-0.05, 0) is 38.1 Å². The van der Waals surface area contributed by atoms with Crippen molar-refractivity contribution in [1.29, 1.82) is 0 Å². The van der Waals surface area contributed by atoms with E-state index in [1.165, 1.54) is 16.9 Å². The summed E-state index contributed by atoms with van der Waals surface area (Å²) in [6, 6.07) is 13.1. The van der Waals surface area contributed by atoms with Gasteiger partial charge >= 0.3 is 0 Å². The highest BCUT2D eigenvalue weighted by Gasteiger charge is 2.17. The number of pyridine rings is 1. The van der Waals surface area contributed by atoms with E-state index in [-0.39, 0.29) is 0 Å². The average molecular weight is 267 g/mol. The highest BCUT2D eigenvalue weighted by Crippen LogP contribution is 2.20. The number of benzene rings is 1. The molecule has 1 aromatic heterocycles. The molecule has 0 radical (unpaired) electrons. The molecule has 1 saturated heterocycles. The minimum Gasteiger partial charge on any atom is -0.368 e. The number of hydrogen-bond donors (Lipinski definition) is 0. The normalized spacial score (nSPS) is 15.5. The van der Waals surface area contributed by atoms with Gasteiger partial charge in [0.05, 0.1) is 0 Å².